The van der Waals surface area contributed by atoms with E-state index >= 15 is 0 Å². The van der Waals surface area contributed by atoms with Crippen molar-refractivity contribution >= 4 is 70.7 Å². The third-order valence-electron chi connectivity index (χ3n) is 11.7. The molecule has 0 bridgehead atoms. The lowest BCUT2D eigenvalue weighted by Crippen LogP contribution is -2.16. The molecule has 8 aromatic carbocycles. The summed E-state index contributed by atoms with van der Waals surface area (Å²) >= 11 is 1.90. The second-order valence-corrected chi connectivity index (χ2v) is 16.2. The van der Waals surface area contributed by atoms with Crippen LogP contribution < -0.4 is 4.90 Å². The van der Waals surface area contributed by atoms with Gasteiger partial charge in [-0.1, -0.05) is 141 Å². The summed E-state index contributed by atoms with van der Waals surface area (Å²) in [4.78, 5) is 7.58. The summed E-state index contributed by atoms with van der Waals surface area (Å²) in [5, 5.41) is 5.11. The Kier molecular flexibility index (Phi) is 6.87. The summed E-state index contributed by atoms with van der Waals surface area (Å²) in [5.41, 5.74) is 16.0. The van der Waals surface area contributed by atoms with Gasteiger partial charge in [-0.3, -0.25) is 4.99 Å². The monoisotopic (exact) mass is 708 g/mol. The minimum atomic E-state index is -0.102. The fraction of sp³-hybridized carbons (Fsp3) is 0.0784. The lowest BCUT2D eigenvalue weighted by molar-refractivity contribution is 0.660. The van der Waals surface area contributed by atoms with Crippen molar-refractivity contribution in [3.05, 3.63) is 192 Å². The van der Waals surface area contributed by atoms with Gasteiger partial charge in [0.1, 0.15) is 0 Å². The number of para-hydroxylation sites is 1. The highest BCUT2D eigenvalue weighted by molar-refractivity contribution is 7.26. The lowest BCUT2D eigenvalue weighted by Gasteiger charge is -2.29. The molecule has 1 aliphatic heterocycles. The average molecular weight is 709 g/mol. The van der Waals surface area contributed by atoms with Crippen molar-refractivity contribution in [1.82, 2.24) is 0 Å². The third-order valence-corrected chi connectivity index (χ3v) is 12.9. The van der Waals surface area contributed by atoms with Crippen molar-refractivity contribution in [3.63, 3.8) is 0 Å². The normalized spacial score (nSPS) is 13.9. The molecule has 0 radical (unpaired) electrons. The van der Waals surface area contributed by atoms with Gasteiger partial charge in [0, 0.05) is 59.7 Å². The molecule has 54 heavy (non-hydrogen) atoms. The SMILES string of the molecule is CC1(C)c2ccccc2-c2ccc(N(c3ccc(-c4ccccc4)cc3)c3cccc4c3ccc3c4sc4cccc(C5=Nc6ccccc6C5)c43)cc21. The molecule has 0 amide bonds. The number of benzene rings is 8. The van der Waals surface area contributed by atoms with Gasteiger partial charge >= 0.3 is 0 Å². The number of hydrogen-bond acceptors (Lipinski definition) is 3. The molecular weight excluding hydrogens is 673 g/mol. The molecule has 0 saturated carbocycles. The molecule has 1 aromatic heterocycles. The van der Waals surface area contributed by atoms with Crippen molar-refractivity contribution in [1.29, 1.82) is 0 Å². The van der Waals surface area contributed by atoms with Crippen LogP contribution in [0, 0.1) is 0 Å². The largest absolute Gasteiger partial charge is 0.310 e. The van der Waals surface area contributed by atoms with E-state index in [0.717, 1.165) is 29.2 Å². The Morgan fingerprint density at radius 1 is 0.537 bits per heavy atom. The highest BCUT2D eigenvalue weighted by atomic mass is 32.1. The Balaban J connectivity index is 1.10. The van der Waals surface area contributed by atoms with Gasteiger partial charge in [0.15, 0.2) is 0 Å². The summed E-state index contributed by atoms with van der Waals surface area (Å²) in [7, 11) is 0. The number of anilines is 3. The van der Waals surface area contributed by atoms with Crippen LogP contribution in [0.5, 0.6) is 0 Å². The molecule has 2 aliphatic rings. The van der Waals surface area contributed by atoms with Gasteiger partial charge in [0.05, 0.1) is 17.1 Å². The molecule has 3 heteroatoms. The van der Waals surface area contributed by atoms with Crippen molar-refractivity contribution in [3.8, 4) is 22.3 Å². The van der Waals surface area contributed by atoms with E-state index in [1.54, 1.807) is 0 Å². The van der Waals surface area contributed by atoms with E-state index in [9.17, 15) is 0 Å². The summed E-state index contributed by atoms with van der Waals surface area (Å²) < 4.78 is 2.62. The second kappa shape index (κ2) is 11.9. The van der Waals surface area contributed by atoms with E-state index in [-0.39, 0.29) is 5.41 Å². The van der Waals surface area contributed by atoms with E-state index in [4.69, 9.17) is 4.99 Å². The lowest BCUT2D eigenvalue weighted by atomic mass is 9.82. The average Bonchev–Trinajstić information content (AvgIpc) is 3.90. The van der Waals surface area contributed by atoms with Gasteiger partial charge in [-0.05, 0) is 81.4 Å². The Hall–Kier alpha value is -6.29. The van der Waals surface area contributed by atoms with Gasteiger partial charge in [0.2, 0.25) is 0 Å². The number of fused-ring (bicyclic) bond motifs is 9. The Bertz CT molecular complexity index is 2990. The first-order valence-corrected chi connectivity index (χ1v) is 19.6. The van der Waals surface area contributed by atoms with Crippen molar-refractivity contribution < 1.29 is 0 Å². The van der Waals surface area contributed by atoms with Crippen LogP contribution in [0.3, 0.4) is 0 Å². The summed E-state index contributed by atoms with van der Waals surface area (Å²) in [6, 6.07) is 62.5. The highest BCUT2D eigenvalue weighted by Crippen LogP contribution is 2.52. The Morgan fingerprint density at radius 2 is 1.24 bits per heavy atom. The predicted octanol–water partition coefficient (Wildman–Crippen LogP) is 14.3. The first-order valence-electron chi connectivity index (χ1n) is 18.8. The standard InChI is InChI=1S/C51H36N2S/c1-51(2)43-18-8-7-15-37(43)38-27-26-36(31-44(38)51)53(35-24-22-33(23-25-35)32-12-4-3-5-13-32)47-20-10-16-40-39(47)28-29-42-49-41(17-11-21-48(49)54-50(40)42)46-30-34-14-6-9-19-45(34)52-46/h3-29,31H,30H2,1-2H3. The number of thiophene rings is 1. The van der Waals surface area contributed by atoms with Crippen LogP contribution in [0.25, 0.3) is 53.2 Å². The van der Waals surface area contributed by atoms with Gasteiger partial charge in [-0.15, -0.1) is 11.3 Å². The zero-order valence-electron chi connectivity index (χ0n) is 30.2. The molecule has 0 saturated heterocycles. The third kappa shape index (κ3) is 4.68. The van der Waals surface area contributed by atoms with E-state index in [1.807, 2.05) is 11.3 Å². The summed E-state index contributed by atoms with van der Waals surface area (Å²) in [6.07, 6.45) is 0.866. The van der Waals surface area contributed by atoms with Crippen LogP contribution in [0.4, 0.5) is 22.7 Å². The molecular formula is C51H36N2S. The zero-order valence-corrected chi connectivity index (χ0v) is 31.0. The molecule has 9 aromatic rings. The van der Waals surface area contributed by atoms with Gasteiger partial charge < -0.3 is 4.90 Å². The van der Waals surface area contributed by atoms with Crippen molar-refractivity contribution in [2.24, 2.45) is 4.99 Å². The van der Waals surface area contributed by atoms with Crippen LogP contribution in [0.1, 0.15) is 36.1 Å². The molecule has 11 rings (SSSR count). The summed E-state index contributed by atoms with van der Waals surface area (Å²) in [6.45, 7) is 4.72. The van der Waals surface area contributed by atoms with Crippen LogP contribution in [0.15, 0.2) is 175 Å². The topological polar surface area (TPSA) is 15.6 Å². The van der Waals surface area contributed by atoms with Crippen LogP contribution >= 0.6 is 11.3 Å². The van der Waals surface area contributed by atoms with E-state index in [0.29, 0.717) is 0 Å². The highest BCUT2D eigenvalue weighted by Gasteiger charge is 2.36. The maximum atomic E-state index is 5.11. The molecule has 256 valence electrons. The zero-order chi connectivity index (χ0) is 36.0. The van der Waals surface area contributed by atoms with Crippen molar-refractivity contribution in [2.75, 3.05) is 4.90 Å². The van der Waals surface area contributed by atoms with Crippen molar-refractivity contribution in [2.45, 2.75) is 25.7 Å². The molecule has 1 aliphatic carbocycles. The maximum Gasteiger partial charge on any atom is 0.0669 e. The fourth-order valence-corrected chi connectivity index (χ4v) is 10.3. The quantitative estimate of drug-likeness (QED) is 0.174. The maximum absolute atomic E-state index is 5.11. The van der Waals surface area contributed by atoms with E-state index in [1.165, 1.54) is 81.1 Å². The van der Waals surface area contributed by atoms with Crippen LogP contribution in [-0.2, 0) is 11.8 Å². The van der Waals surface area contributed by atoms with Gasteiger partial charge in [0.25, 0.3) is 0 Å². The Labute approximate surface area is 319 Å². The van der Waals surface area contributed by atoms with Crippen LogP contribution in [0.2, 0.25) is 0 Å². The van der Waals surface area contributed by atoms with E-state index in [2.05, 4.69) is 189 Å². The summed E-state index contributed by atoms with van der Waals surface area (Å²) in [5.74, 6) is 0. The molecule has 0 unspecified atom stereocenters. The Morgan fingerprint density at radius 3 is 2.11 bits per heavy atom. The smallest absolute Gasteiger partial charge is 0.0669 e. The first-order chi connectivity index (χ1) is 26.5. The van der Waals surface area contributed by atoms with E-state index < -0.39 is 0 Å². The minimum absolute atomic E-state index is 0.102. The number of nitrogens with zero attached hydrogens (tertiary/aromatic N) is 2. The number of rotatable bonds is 5. The molecule has 0 atom stereocenters. The molecule has 0 fully saturated rings. The molecule has 2 heterocycles. The molecule has 0 spiro atoms. The molecule has 2 nitrogen and oxygen atoms in total. The first kappa shape index (κ1) is 31.3. The number of aliphatic imine (C=N–C) groups is 1. The minimum Gasteiger partial charge on any atom is -0.310 e. The molecule has 0 N–H and O–H groups in total. The van der Waals surface area contributed by atoms with Gasteiger partial charge in [-0.2, -0.15) is 0 Å². The second-order valence-electron chi connectivity index (χ2n) is 15.1. The van der Waals surface area contributed by atoms with Crippen LogP contribution in [-0.4, -0.2) is 5.71 Å². The fourth-order valence-electron chi connectivity index (χ4n) is 9.04. The van der Waals surface area contributed by atoms with Gasteiger partial charge in [-0.25, -0.2) is 0 Å². The predicted molar refractivity (Wildman–Crippen MR) is 231 cm³/mol. The number of hydrogen-bond donors (Lipinski definition) is 0.